The second kappa shape index (κ2) is 3.19. The van der Waals surface area contributed by atoms with Crippen molar-refractivity contribution in [1.29, 1.82) is 0 Å². The van der Waals surface area contributed by atoms with Crippen LogP contribution < -0.4 is 4.48 Å². The Labute approximate surface area is 96.6 Å². The van der Waals surface area contributed by atoms with E-state index in [9.17, 15) is 0 Å². The molecule has 1 nitrogen and oxygen atoms in total. The van der Waals surface area contributed by atoms with Crippen molar-refractivity contribution in [3.8, 4) is 0 Å². The fourth-order valence-electron chi connectivity index (χ4n) is 2.68. The predicted octanol–water partition coefficient (Wildman–Crippen LogP) is 3.49. The quantitative estimate of drug-likeness (QED) is 0.575. The summed E-state index contributed by atoms with van der Waals surface area (Å²) in [6.07, 6.45) is 10.0. The van der Waals surface area contributed by atoms with Crippen molar-refractivity contribution in [2.24, 2.45) is 0 Å². The van der Waals surface area contributed by atoms with Gasteiger partial charge in [0, 0.05) is 17.2 Å². The number of rotatable bonds is 0. The highest BCUT2D eigenvalue weighted by molar-refractivity contribution is 5.77. The summed E-state index contributed by atoms with van der Waals surface area (Å²) in [6, 6.07) is 8.67. The highest BCUT2D eigenvalue weighted by Gasteiger charge is 2.33. The summed E-state index contributed by atoms with van der Waals surface area (Å²) in [5, 5.41) is 0. The molecule has 1 aromatic rings. The molecule has 0 atom stereocenters. The fraction of sp³-hybridized carbons (Fsp3) is 0.200. The molecule has 80 valence electrons. The number of benzene rings is 1. The van der Waals surface area contributed by atoms with Crippen LogP contribution in [0.2, 0.25) is 0 Å². The lowest BCUT2D eigenvalue weighted by Gasteiger charge is -2.37. The molecule has 0 radical (unpaired) electrons. The monoisotopic (exact) mass is 210 g/mol. The first-order valence-corrected chi connectivity index (χ1v) is 5.71. The van der Waals surface area contributed by atoms with E-state index in [0.717, 1.165) is 10.9 Å². The van der Waals surface area contributed by atoms with Crippen LogP contribution in [-0.2, 0) is 0 Å². The van der Waals surface area contributed by atoms with Crippen LogP contribution in [0.1, 0.15) is 12.0 Å². The van der Waals surface area contributed by atoms with Gasteiger partial charge in [0.25, 0.3) is 0 Å². The Bertz CT molecular complexity index is 530. The Kier molecular flexibility index (Phi) is 1.92. The minimum Gasteiger partial charge on any atom is -0.263 e. The van der Waals surface area contributed by atoms with Crippen LogP contribution >= 0.6 is 0 Å². The molecule has 0 spiro atoms. The maximum atomic E-state index is 2.33. The third kappa shape index (κ3) is 1.22. The van der Waals surface area contributed by atoms with Gasteiger partial charge < -0.3 is 0 Å². The number of likely N-dealkylation sites (N-methyl/N-ethyl adjacent to an activating group) is 1. The van der Waals surface area contributed by atoms with E-state index in [1.807, 2.05) is 0 Å². The van der Waals surface area contributed by atoms with E-state index in [1.54, 1.807) is 0 Å². The Morgan fingerprint density at radius 1 is 1.12 bits per heavy atom. The van der Waals surface area contributed by atoms with Crippen molar-refractivity contribution in [3.05, 3.63) is 59.3 Å². The minimum atomic E-state index is 0.854. The van der Waals surface area contributed by atoms with Gasteiger partial charge in [-0.25, -0.2) is 0 Å². The summed E-state index contributed by atoms with van der Waals surface area (Å²) in [5.41, 5.74) is 5.61. The minimum absolute atomic E-state index is 0.854. The zero-order valence-electron chi connectivity index (χ0n) is 9.77. The van der Waals surface area contributed by atoms with Crippen LogP contribution in [0, 0.1) is 0 Å². The first-order valence-electron chi connectivity index (χ1n) is 5.71. The molecule has 0 aromatic heterocycles. The highest BCUT2D eigenvalue weighted by atomic mass is 15.3. The lowest BCUT2D eigenvalue weighted by Crippen LogP contribution is -2.42. The van der Waals surface area contributed by atoms with E-state index < -0.39 is 0 Å². The Balaban J connectivity index is 2.29. The summed E-state index contributed by atoms with van der Waals surface area (Å²) in [6.45, 7) is 0. The van der Waals surface area contributed by atoms with Crippen molar-refractivity contribution in [3.63, 3.8) is 0 Å². The SMILES string of the molecule is C[N+]1(C)C2=CC=CCC2=Cc2ccccc21. The molecular formula is C15H16N+. The number of hydrogen-bond acceptors (Lipinski definition) is 0. The summed E-state index contributed by atoms with van der Waals surface area (Å²) in [5.74, 6) is 0. The Morgan fingerprint density at radius 2 is 1.94 bits per heavy atom. The Hall–Kier alpha value is -1.60. The van der Waals surface area contributed by atoms with Gasteiger partial charge in [-0.15, -0.1) is 0 Å². The van der Waals surface area contributed by atoms with E-state index in [4.69, 9.17) is 0 Å². The van der Waals surface area contributed by atoms with Gasteiger partial charge in [-0.05, 0) is 24.6 Å². The largest absolute Gasteiger partial charge is 0.263 e. The zero-order chi connectivity index (χ0) is 11.2. The van der Waals surface area contributed by atoms with Crippen LogP contribution in [0.5, 0.6) is 0 Å². The molecule has 0 saturated carbocycles. The molecule has 0 N–H and O–H groups in total. The molecule has 0 fully saturated rings. The summed E-state index contributed by atoms with van der Waals surface area (Å²) in [7, 11) is 4.52. The van der Waals surface area contributed by atoms with Crippen LogP contribution in [0.25, 0.3) is 6.08 Å². The number of hydrogen-bond donors (Lipinski definition) is 0. The second-order valence-electron chi connectivity index (χ2n) is 4.87. The van der Waals surface area contributed by atoms with E-state index in [2.05, 4.69) is 62.7 Å². The molecule has 2 aliphatic rings. The summed E-state index contributed by atoms with van der Waals surface area (Å²) >= 11 is 0. The highest BCUT2D eigenvalue weighted by Crippen LogP contribution is 2.40. The van der Waals surface area contributed by atoms with Gasteiger partial charge in [0.05, 0.1) is 14.1 Å². The van der Waals surface area contributed by atoms with Gasteiger partial charge in [0.2, 0.25) is 0 Å². The molecule has 1 aromatic carbocycles. The smallest absolute Gasteiger partial charge is 0.144 e. The van der Waals surface area contributed by atoms with Crippen molar-refractivity contribution >= 4 is 11.8 Å². The van der Waals surface area contributed by atoms with Gasteiger partial charge >= 0.3 is 0 Å². The number of para-hydroxylation sites is 1. The molecule has 16 heavy (non-hydrogen) atoms. The van der Waals surface area contributed by atoms with E-state index >= 15 is 0 Å². The molecule has 1 heteroatoms. The number of allylic oxidation sites excluding steroid dienone is 4. The first kappa shape index (κ1) is 9.61. The molecule has 0 saturated heterocycles. The van der Waals surface area contributed by atoms with Crippen molar-refractivity contribution in [2.45, 2.75) is 6.42 Å². The van der Waals surface area contributed by atoms with E-state index in [-0.39, 0.29) is 0 Å². The second-order valence-corrected chi connectivity index (χ2v) is 4.87. The normalized spacial score (nSPS) is 20.6. The molecular weight excluding hydrogens is 194 g/mol. The molecule has 1 aliphatic carbocycles. The van der Waals surface area contributed by atoms with E-state index in [0.29, 0.717) is 0 Å². The summed E-state index contributed by atoms with van der Waals surface area (Å²) < 4.78 is 0.854. The molecule has 1 aliphatic heterocycles. The molecule has 0 bridgehead atoms. The lowest BCUT2D eigenvalue weighted by molar-refractivity contribution is 0.494. The van der Waals surface area contributed by atoms with Crippen molar-refractivity contribution in [2.75, 3.05) is 14.1 Å². The fourth-order valence-corrected chi connectivity index (χ4v) is 2.68. The van der Waals surface area contributed by atoms with Crippen LogP contribution in [-0.4, -0.2) is 14.1 Å². The van der Waals surface area contributed by atoms with Crippen molar-refractivity contribution in [1.82, 2.24) is 4.48 Å². The van der Waals surface area contributed by atoms with Crippen LogP contribution in [0.3, 0.4) is 0 Å². The van der Waals surface area contributed by atoms with Gasteiger partial charge in [-0.3, -0.25) is 4.48 Å². The first-order chi connectivity index (χ1) is 7.69. The lowest BCUT2D eigenvalue weighted by atomic mass is 9.93. The Morgan fingerprint density at radius 3 is 2.81 bits per heavy atom. The topological polar surface area (TPSA) is 0 Å². The molecule has 1 heterocycles. The zero-order valence-corrected chi connectivity index (χ0v) is 9.77. The average molecular weight is 210 g/mol. The van der Waals surface area contributed by atoms with Crippen molar-refractivity contribution < 1.29 is 0 Å². The molecule has 0 unspecified atom stereocenters. The molecule has 0 amide bonds. The summed E-state index contributed by atoms with van der Waals surface area (Å²) in [4.78, 5) is 0. The maximum Gasteiger partial charge on any atom is 0.144 e. The average Bonchev–Trinajstić information content (AvgIpc) is 2.29. The van der Waals surface area contributed by atoms with Crippen LogP contribution in [0.4, 0.5) is 5.69 Å². The van der Waals surface area contributed by atoms with Gasteiger partial charge in [0.1, 0.15) is 11.4 Å². The van der Waals surface area contributed by atoms with Gasteiger partial charge in [-0.1, -0.05) is 24.3 Å². The van der Waals surface area contributed by atoms with Crippen LogP contribution in [0.15, 0.2) is 53.8 Å². The third-order valence-electron chi connectivity index (χ3n) is 3.53. The number of quaternary nitrogens is 1. The van der Waals surface area contributed by atoms with E-state index in [1.165, 1.54) is 22.5 Å². The standard InChI is InChI=1S/C15H16N/c1-16(2)14-9-5-3-7-12(14)11-13-8-4-6-10-15(13)16/h3-7,9-11H,8H2,1-2H3/q+1. The maximum absolute atomic E-state index is 2.33. The van der Waals surface area contributed by atoms with Gasteiger partial charge in [0.15, 0.2) is 0 Å². The predicted molar refractivity (Wildman–Crippen MR) is 69.9 cm³/mol. The number of fused-ring (bicyclic) bond motifs is 2. The molecule has 3 rings (SSSR count). The van der Waals surface area contributed by atoms with Gasteiger partial charge in [-0.2, -0.15) is 0 Å². The third-order valence-corrected chi connectivity index (χ3v) is 3.53. The number of nitrogens with zero attached hydrogens (tertiary/aromatic N) is 1.